The first-order valence-electron chi connectivity index (χ1n) is 7.51. The summed E-state index contributed by atoms with van der Waals surface area (Å²) >= 11 is 0. The monoisotopic (exact) mass is 316 g/mol. The van der Waals surface area contributed by atoms with Gasteiger partial charge in [-0.3, -0.25) is 10.1 Å². The van der Waals surface area contributed by atoms with Crippen LogP contribution in [0.5, 0.6) is 5.88 Å². The second-order valence-corrected chi connectivity index (χ2v) is 5.65. The van der Waals surface area contributed by atoms with Crippen LogP contribution in [0.3, 0.4) is 0 Å². The zero-order valence-electron chi connectivity index (χ0n) is 14.3. The number of benzene rings is 1. The van der Waals surface area contributed by atoms with Gasteiger partial charge < -0.3 is 9.64 Å². The molecular weight excluding hydrogens is 292 g/mol. The van der Waals surface area contributed by atoms with Gasteiger partial charge in [0.15, 0.2) is 0 Å². The maximum Gasteiger partial charge on any atom is 0.243 e. The van der Waals surface area contributed by atoms with Crippen LogP contribution in [0.25, 0.3) is 0 Å². The number of ether oxygens (including phenoxy) is 1. The summed E-state index contributed by atoms with van der Waals surface area (Å²) in [5, 5.41) is 7.71. The lowest BCUT2D eigenvalue weighted by atomic mass is 10.1. The third-order valence-electron chi connectivity index (χ3n) is 3.79. The molecule has 1 amide bonds. The zero-order valence-corrected chi connectivity index (χ0v) is 14.3. The minimum Gasteiger partial charge on any atom is -0.481 e. The van der Waals surface area contributed by atoms with Crippen LogP contribution in [0.1, 0.15) is 22.9 Å². The number of aromatic nitrogens is 2. The summed E-state index contributed by atoms with van der Waals surface area (Å²) in [7, 11) is 6.99. The molecule has 0 aliphatic carbocycles. The fourth-order valence-electron chi connectivity index (χ4n) is 2.60. The van der Waals surface area contributed by atoms with Gasteiger partial charge in [-0.1, -0.05) is 30.3 Å². The van der Waals surface area contributed by atoms with Crippen LogP contribution in [-0.2, 0) is 18.4 Å². The van der Waals surface area contributed by atoms with Crippen molar-refractivity contribution in [2.45, 2.75) is 19.5 Å². The standard InChI is InChI=1S/C17H24N4O2/c1-12-14(17(23-5)21(4)19-12)11-18-15(16(22)20(2)3)13-9-7-6-8-10-13/h6-10,15,18H,11H2,1-5H3/t15-/m0/s1. The number of aryl methyl sites for hydroxylation is 2. The highest BCUT2D eigenvalue weighted by Crippen LogP contribution is 2.22. The second kappa shape index (κ2) is 7.28. The Morgan fingerprint density at radius 3 is 2.57 bits per heavy atom. The van der Waals surface area contributed by atoms with Gasteiger partial charge in [0.05, 0.1) is 18.4 Å². The maximum atomic E-state index is 12.5. The Balaban J connectivity index is 2.24. The van der Waals surface area contributed by atoms with Crippen molar-refractivity contribution >= 4 is 5.91 Å². The van der Waals surface area contributed by atoms with Crippen LogP contribution in [0, 0.1) is 6.92 Å². The molecule has 6 nitrogen and oxygen atoms in total. The highest BCUT2D eigenvalue weighted by Gasteiger charge is 2.23. The first-order valence-corrected chi connectivity index (χ1v) is 7.51. The summed E-state index contributed by atoms with van der Waals surface area (Å²) < 4.78 is 7.11. The molecule has 0 saturated heterocycles. The van der Waals surface area contributed by atoms with Crippen molar-refractivity contribution in [2.75, 3.05) is 21.2 Å². The molecule has 0 fully saturated rings. The third-order valence-corrected chi connectivity index (χ3v) is 3.79. The molecular formula is C17H24N4O2. The fourth-order valence-corrected chi connectivity index (χ4v) is 2.60. The number of likely N-dealkylation sites (N-methyl/N-ethyl adjacent to an activating group) is 1. The normalized spacial score (nSPS) is 12.0. The lowest BCUT2D eigenvalue weighted by Crippen LogP contribution is -2.36. The van der Waals surface area contributed by atoms with E-state index in [9.17, 15) is 4.79 Å². The fraction of sp³-hybridized carbons (Fsp3) is 0.412. The van der Waals surface area contributed by atoms with Gasteiger partial charge in [-0.05, 0) is 12.5 Å². The van der Waals surface area contributed by atoms with Crippen LogP contribution in [0.15, 0.2) is 30.3 Å². The predicted molar refractivity (Wildman–Crippen MR) is 89.2 cm³/mol. The topological polar surface area (TPSA) is 59.4 Å². The van der Waals surface area contributed by atoms with Crippen molar-refractivity contribution in [1.29, 1.82) is 0 Å². The Morgan fingerprint density at radius 1 is 1.35 bits per heavy atom. The molecule has 0 aliphatic rings. The van der Waals surface area contributed by atoms with Crippen molar-refractivity contribution in [3.05, 3.63) is 47.2 Å². The molecule has 6 heteroatoms. The van der Waals surface area contributed by atoms with E-state index in [0.29, 0.717) is 12.4 Å². The first kappa shape index (κ1) is 17.0. The first-order chi connectivity index (χ1) is 11.0. The number of nitrogens with zero attached hydrogens (tertiary/aromatic N) is 3. The van der Waals surface area contributed by atoms with E-state index in [4.69, 9.17) is 4.74 Å². The van der Waals surface area contributed by atoms with Crippen LogP contribution < -0.4 is 10.1 Å². The highest BCUT2D eigenvalue weighted by molar-refractivity contribution is 5.82. The highest BCUT2D eigenvalue weighted by atomic mass is 16.5. The molecule has 1 atom stereocenters. The van der Waals surface area contributed by atoms with E-state index in [-0.39, 0.29) is 5.91 Å². The summed E-state index contributed by atoms with van der Waals surface area (Å²) in [5.41, 5.74) is 2.79. The molecule has 1 N–H and O–H groups in total. The largest absolute Gasteiger partial charge is 0.481 e. The average molecular weight is 316 g/mol. The summed E-state index contributed by atoms with van der Waals surface area (Å²) in [6.45, 7) is 2.44. The van der Waals surface area contributed by atoms with Crippen molar-refractivity contribution in [3.8, 4) is 5.88 Å². The van der Waals surface area contributed by atoms with Crippen molar-refractivity contribution in [2.24, 2.45) is 7.05 Å². The average Bonchev–Trinajstić information content (AvgIpc) is 2.81. The van der Waals surface area contributed by atoms with E-state index >= 15 is 0 Å². The summed E-state index contributed by atoms with van der Waals surface area (Å²) in [6, 6.07) is 9.30. The van der Waals surface area contributed by atoms with E-state index in [1.165, 1.54) is 0 Å². The molecule has 0 saturated carbocycles. The number of amides is 1. The molecule has 1 aromatic carbocycles. The lowest BCUT2D eigenvalue weighted by Gasteiger charge is -2.22. The Morgan fingerprint density at radius 2 is 2.00 bits per heavy atom. The summed E-state index contributed by atoms with van der Waals surface area (Å²) in [4.78, 5) is 14.1. The molecule has 124 valence electrons. The molecule has 0 radical (unpaired) electrons. The third kappa shape index (κ3) is 3.71. The Bertz CT molecular complexity index is 665. The van der Waals surface area contributed by atoms with Crippen molar-refractivity contribution in [1.82, 2.24) is 20.0 Å². The molecule has 0 spiro atoms. The number of carbonyl (C=O) groups excluding carboxylic acids is 1. The number of rotatable bonds is 6. The molecule has 0 bridgehead atoms. The minimum absolute atomic E-state index is 0.0108. The maximum absolute atomic E-state index is 12.5. The van der Waals surface area contributed by atoms with Gasteiger partial charge in [0, 0.05) is 27.7 Å². The van der Waals surface area contributed by atoms with Gasteiger partial charge in [-0.2, -0.15) is 5.10 Å². The van der Waals surface area contributed by atoms with Gasteiger partial charge in [0.1, 0.15) is 6.04 Å². The van der Waals surface area contributed by atoms with Crippen LogP contribution >= 0.6 is 0 Å². The molecule has 1 heterocycles. The van der Waals surface area contributed by atoms with Crippen molar-refractivity contribution in [3.63, 3.8) is 0 Å². The number of hydrogen-bond acceptors (Lipinski definition) is 4. The van der Waals surface area contributed by atoms with E-state index in [0.717, 1.165) is 16.8 Å². The van der Waals surface area contributed by atoms with E-state index in [2.05, 4.69) is 10.4 Å². The van der Waals surface area contributed by atoms with Gasteiger partial charge in [0.25, 0.3) is 0 Å². The molecule has 0 aliphatic heterocycles. The Kier molecular flexibility index (Phi) is 5.39. The Labute approximate surface area is 137 Å². The summed E-state index contributed by atoms with van der Waals surface area (Å²) in [5.74, 6) is 0.718. The van der Waals surface area contributed by atoms with E-state index in [1.807, 2.05) is 44.3 Å². The lowest BCUT2D eigenvalue weighted by molar-refractivity contribution is -0.131. The van der Waals surface area contributed by atoms with Crippen LogP contribution in [-0.4, -0.2) is 41.8 Å². The SMILES string of the molecule is COc1c(CN[C@H](C(=O)N(C)C)c2ccccc2)c(C)nn1C. The molecule has 2 aromatic rings. The van der Waals surface area contributed by atoms with Gasteiger partial charge in [0.2, 0.25) is 11.8 Å². The van der Waals surface area contributed by atoms with Gasteiger partial charge in [-0.25, -0.2) is 4.68 Å². The number of hydrogen-bond donors (Lipinski definition) is 1. The van der Waals surface area contributed by atoms with E-state index < -0.39 is 6.04 Å². The predicted octanol–water partition coefficient (Wildman–Crippen LogP) is 1.66. The number of methoxy groups -OCH3 is 1. The van der Waals surface area contributed by atoms with Gasteiger partial charge >= 0.3 is 0 Å². The zero-order chi connectivity index (χ0) is 17.0. The quantitative estimate of drug-likeness (QED) is 0.880. The van der Waals surface area contributed by atoms with Crippen molar-refractivity contribution < 1.29 is 9.53 Å². The van der Waals surface area contributed by atoms with Crippen LogP contribution in [0.4, 0.5) is 0 Å². The van der Waals surface area contributed by atoms with Crippen LogP contribution in [0.2, 0.25) is 0 Å². The number of nitrogens with one attached hydrogen (secondary N) is 1. The van der Waals surface area contributed by atoms with E-state index in [1.54, 1.807) is 30.8 Å². The molecule has 0 unspecified atom stereocenters. The number of carbonyl (C=O) groups is 1. The minimum atomic E-state index is -0.407. The van der Waals surface area contributed by atoms with Gasteiger partial charge in [-0.15, -0.1) is 0 Å². The smallest absolute Gasteiger partial charge is 0.243 e. The molecule has 1 aromatic heterocycles. The summed E-state index contributed by atoms with van der Waals surface area (Å²) in [6.07, 6.45) is 0. The Hall–Kier alpha value is -2.34. The second-order valence-electron chi connectivity index (χ2n) is 5.65. The molecule has 23 heavy (non-hydrogen) atoms. The molecule has 2 rings (SSSR count).